The molecule has 2 rings (SSSR count). The number of hydrogen-bond acceptors (Lipinski definition) is 2. The van der Waals surface area contributed by atoms with Crippen molar-refractivity contribution in [1.29, 1.82) is 0 Å². The van der Waals surface area contributed by atoms with Crippen LogP contribution in [-0.2, 0) is 6.42 Å². The van der Waals surface area contributed by atoms with Gasteiger partial charge >= 0.3 is 0 Å². The van der Waals surface area contributed by atoms with E-state index in [0.717, 1.165) is 28.8 Å². The van der Waals surface area contributed by atoms with Crippen LogP contribution in [0.25, 0.3) is 5.52 Å². The number of likely N-dealkylation sites (N-methyl/N-ethyl adjacent to an activating group) is 1. The van der Waals surface area contributed by atoms with Crippen LogP contribution < -0.4 is 5.32 Å². The van der Waals surface area contributed by atoms with Crippen molar-refractivity contribution in [2.24, 2.45) is 0 Å². The van der Waals surface area contributed by atoms with E-state index in [1.807, 2.05) is 29.8 Å². The molecule has 3 nitrogen and oxygen atoms in total. The molecule has 2 heterocycles. The number of nitrogens with one attached hydrogen (secondary N) is 1. The Kier molecular flexibility index (Phi) is 3.29. The number of nitrogens with zero attached hydrogens (tertiary/aromatic N) is 2. The Balaban J connectivity index is 2.53. The molecule has 0 amide bonds. The number of halogens is 2. The highest BCUT2D eigenvalue weighted by molar-refractivity contribution is 9.10. The summed E-state index contributed by atoms with van der Waals surface area (Å²) in [4.78, 5) is 4.35. The average molecular weight is 289 g/mol. The van der Waals surface area contributed by atoms with Crippen LogP contribution in [0, 0.1) is 0 Å². The van der Waals surface area contributed by atoms with E-state index in [0.29, 0.717) is 5.15 Å². The fourth-order valence-corrected chi connectivity index (χ4v) is 2.46. The van der Waals surface area contributed by atoms with Gasteiger partial charge in [-0.15, -0.1) is 0 Å². The molecule has 80 valence electrons. The maximum Gasteiger partial charge on any atom is 0.156 e. The van der Waals surface area contributed by atoms with Gasteiger partial charge in [0.1, 0.15) is 5.82 Å². The van der Waals surface area contributed by atoms with Crippen LogP contribution in [-0.4, -0.2) is 23.0 Å². The lowest BCUT2D eigenvalue weighted by atomic mass is 10.4. The molecule has 0 aliphatic rings. The lowest BCUT2D eigenvalue weighted by Crippen LogP contribution is -2.12. The van der Waals surface area contributed by atoms with Gasteiger partial charge in [0.05, 0.1) is 5.52 Å². The first kappa shape index (κ1) is 10.9. The normalized spacial score (nSPS) is 11.1. The van der Waals surface area contributed by atoms with E-state index in [9.17, 15) is 0 Å². The van der Waals surface area contributed by atoms with Crippen molar-refractivity contribution in [3.63, 3.8) is 0 Å². The summed E-state index contributed by atoms with van der Waals surface area (Å²) in [5.74, 6) is 0.977. The van der Waals surface area contributed by atoms with Gasteiger partial charge in [0.2, 0.25) is 0 Å². The Labute approximate surface area is 102 Å². The standard InChI is InChI=1S/C10H11BrClN3/c1-13-5-4-8-14-10(12)9-7(11)3-2-6-15(8)9/h2-3,6,13H,4-5H2,1H3. The van der Waals surface area contributed by atoms with E-state index in [4.69, 9.17) is 11.6 Å². The van der Waals surface area contributed by atoms with Gasteiger partial charge in [-0.3, -0.25) is 0 Å². The number of hydrogen-bond donors (Lipinski definition) is 1. The fraction of sp³-hybridized carbons (Fsp3) is 0.300. The fourth-order valence-electron chi connectivity index (χ4n) is 1.53. The Hall–Kier alpha value is -0.580. The summed E-state index contributed by atoms with van der Waals surface area (Å²) in [7, 11) is 1.92. The molecule has 0 unspecified atom stereocenters. The third-order valence-electron chi connectivity index (χ3n) is 2.24. The second kappa shape index (κ2) is 4.51. The van der Waals surface area contributed by atoms with Crippen LogP contribution in [0.1, 0.15) is 5.82 Å². The second-order valence-corrected chi connectivity index (χ2v) is 4.46. The number of pyridine rings is 1. The van der Waals surface area contributed by atoms with Gasteiger partial charge in [0, 0.05) is 23.6 Å². The van der Waals surface area contributed by atoms with Crippen molar-refractivity contribution in [3.05, 3.63) is 33.8 Å². The molecule has 1 N–H and O–H groups in total. The molecule has 15 heavy (non-hydrogen) atoms. The molecule has 5 heteroatoms. The molecule has 0 aliphatic heterocycles. The minimum atomic E-state index is 0.550. The van der Waals surface area contributed by atoms with Crippen LogP contribution in [0.4, 0.5) is 0 Å². The van der Waals surface area contributed by atoms with Crippen molar-refractivity contribution in [3.8, 4) is 0 Å². The topological polar surface area (TPSA) is 29.3 Å². The van der Waals surface area contributed by atoms with Gasteiger partial charge in [-0.05, 0) is 35.1 Å². The van der Waals surface area contributed by atoms with Gasteiger partial charge in [0.15, 0.2) is 5.15 Å². The Morgan fingerprint density at radius 3 is 3.13 bits per heavy atom. The van der Waals surface area contributed by atoms with Crippen molar-refractivity contribution >= 4 is 33.0 Å². The van der Waals surface area contributed by atoms with Gasteiger partial charge in [-0.25, -0.2) is 4.98 Å². The molecule has 0 fully saturated rings. The van der Waals surface area contributed by atoms with E-state index in [1.54, 1.807) is 0 Å². The molecule has 0 saturated carbocycles. The maximum absolute atomic E-state index is 6.08. The molecule has 0 spiro atoms. The zero-order valence-corrected chi connectivity index (χ0v) is 10.6. The highest BCUT2D eigenvalue weighted by atomic mass is 79.9. The SMILES string of the molecule is CNCCc1nc(Cl)c2c(Br)cccn12. The molecule has 0 radical (unpaired) electrons. The lowest BCUT2D eigenvalue weighted by molar-refractivity contribution is 0.753. The summed E-state index contributed by atoms with van der Waals surface area (Å²) in [6.07, 6.45) is 2.84. The minimum Gasteiger partial charge on any atom is -0.319 e. The summed E-state index contributed by atoms with van der Waals surface area (Å²) >= 11 is 9.55. The summed E-state index contributed by atoms with van der Waals surface area (Å²) in [6.45, 7) is 0.891. The monoisotopic (exact) mass is 287 g/mol. The van der Waals surface area contributed by atoms with Crippen molar-refractivity contribution in [2.75, 3.05) is 13.6 Å². The van der Waals surface area contributed by atoms with Gasteiger partial charge in [-0.1, -0.05) is 11.6 Å². The summed E-state index contributed by atoms with van der Waals surface area (Å²) in [5.41, 5.74) is 0.935. The Morgan fingerprint density at radius 2 is 2.40 bits per heavy atom. The minimum absolute atomic E-state index is 0.550. The summed E-state index contributed by atoms with van der Waals surface area (Å²) in [6, 6.07) is 3.93. The molecule has 0 saturated heterocycles. The first-order valence-corrected chi connectivity index (χ1v) is 5.86. The molecule has 0 aromatic carbocycles. The van der Waals surface area contributed by atoms with Crippen LogP contribution in [0.5, 0.6) is 0 Å². The molecule has 0 bridgehead atoms. The van der Waals surface area contributed by atoms with Gasteiger partial charge in [-0.2, -0.15) is 0 Å². The van der Waals surface area contributed by atoms with Crippen LogP contribution in [0.3, 0.4) is 0 Å². The van der Waals surface area contributed by atoms with Crippen LogP contribution in [0.15, 0.2) is 22.8 Å². The first-order chi connectivity index (χ1) is 7.24. The zero-order valence-electron chi connectivity index (χ0n) is 8.30. The highest BCUT2D eigenvalue weighted by Crippen LogP contribution is 2.26. The molecule has 0 atom stereocenters. The van der Waals surface area contributed by atoms with Crippen molar-refractivity contribution < 1.29 is 0 Å². The highest BCUT2D eigenvalue weighted by Gasteiger charge is 2.10. The smallest absolute Gasteiger partial charge is 0.156 e. The van der Waals surface area contributed by atoms with Crippen molar-refractivity contribution in [1.82, 2.24) is 14.7 Å². The predicted octanol–water partition coefficient (Wildman–Crippen LogP) is 2.51. The number of rotatable bonds is 3. The molecule has 2 aromatic rings. The van der Waals surface area contributed by atoms with Crippen molar-refractivity contribution in [2.45, 2.75) is 6.42 Å². The molecular formula is C10H11BrClN3. The molecule has 0 aliphatic carbocycles. The van der Waals surface area contributed by atoms with E-state index in [1.165, 1.54) is 0 Å². The first-order valence-electron chi connectivity index (χ1n) is 4.69. The van der Waals surface area contributed by atoms with Gasteiger partial charge < -0.3 is 9.72 Å². The van der Waals surface area contributed by atoms with Crippen LogP contribution in [0.2, 0.25) is 5.15 Å². The van der Waals surface area contributed by atoms with E-state index >= 15 is 0 Å². The van der Waals surface area contributed by atoms with Gasteiger partial charge in [0.25, 0.3) is 0 Å². The number of aromatic nitrogens is 2. The number of fused-ring (bicyclic) bond motifs is 1. The quantitative estimate of drug-likeness (QED) is 0.940. The summed E-state index contributed by atoms with van der Waals surface area (Å²) in [5, 5.41) is 3.65. The Morgan fingerprint density at radius 1 is 1.60 bits per heavy atom. The maximum atomic E-state index is 6.08. The zero-order chi connectivity index (χ0) is 10.8. The second-order valence-electron chi connectivity index (χ2n) is 3.25. The van der Waals surface area contributed by atoms with E-state index < -0.39 is 0 Å². The predicted molar refractivity (Wildman–Crippen MR) is 65.5 cm³/mol. The third kappa shape index (κ3) is 2.02. The summed E-state index contributed by atoms with van der Waals surface area (Å²) < 4.78 is 2.99. The van der Waals surface area contributed by atoms with E-state index in [-0.39, 0.29) is 0 Å². The largest absolute Gasteiger partial charge is 0.319 e. The molecular weight excluding hydrogens is 277 g/mol. The Bertz CT molecular complexity index is 481. The lowest BCUT2D eigenvalue weighted by Gasteiger charge is -2.01. The third-order valence-corrected chi connectivity index (χ3v) is 3.15. The molecule has 2 aromatic heterocycles. The van der Waals surface area contributed by atoms with E-state index in [2.05, 4.69) is 26.2 Å². The average Bonchev–Trinajstić information content (AvgIpc) is 2.54. The van der Waals surface area contributed by atoms with Crippen LogP contribution >= 0.6 is 27.5 Å². The number of imidazole rings is 1.